The van der Waals surface area contributed by atoms with Gasteiger partial charge in [0.1, 0.15) is 5.75 Å². The SMILES string of the molecule is CCOc1cccc(C(=O)C=CN(C)C)c1. The molecule has 0 aliphatic heterocycles. The van der Waals surface area contributed by atoms with Gasteiger partial charge in [-0.25, -0.2) is 0 Å². The minimum atomic E-state index is -0.0183. The molecule has 0 bridgehead atoms. The van der Waals surface area contributed by atoms with Crippen LogP contribution in [0.15, 0.2) is 36.5 Å². The van der Waals surface area contributed by atoms with E-state index in [-0.39, 0.29) is 5.78 Å². The first-order valence-corrected chi connectivity index (χ1v) is 5.25. The summed E-state index contributed by atoms with van der Waals surface area (Å²) in [6.07, 6.45) is 3.28. The van der Waals surface area contributed by atoms with Crippen molar-refractivity contribution >= 4 is 5.78 Å². The molecular weight excluding hydrogens is 202 g/mol. The summed E-state index contributed by atoms with van der Waals surface area (Å²) in [7, 11) is 3.75. The van der Waals surface area contributed by atoms with Crippen LogP contribution in [0.1, 0.15) is 17.3 Å². The van der Waals surface area contributed by atoms with Gasteiger partial charge >= 0.3 is 0 Å². The standard InChI is InChI=1S/C13H17NO2/c1-4-16-12-7-5-6-11(10-12)13(15)8-9-14(2)3/h5-10H,4H2,1-3H3. The lowest BCUT2D eigenvalue weighted by Gasteiger charge is -2.05. The first-order chi connectivity index (χ1) is 7.63. The number of carbonyl (C=O) groups is 1. The molecule has 1 rings (SSSR count). The Kier molecular flexibility index (Phi) is 4.58. The Balaban J connectivity index is 2.79. The van der Waals surface area contributed by atoms with Crippen molar-refractivity contribution in [3.05, 3.63) is 42.1 Å². The molecule has 0 spiro atoms. The predicted molar refractivity (Wildman–Crippen MR) is 64.8 cm³/mol. The van der Waals surface area contributed by atoms with Gasteiger partial charge in [0.2, 0.25) is 0 Å². The van der Waals surface area contributed by atoms with Crippen LogP contribution in [0.2, 0.25) is 0 Å². The van der Waals surface area contributed by atoms with Gasteiger partial charge in [0, 0.05) is 31.9 Å². The van der Waals surface area contributed by atoms with Crippen molar-refractivity contribution < 1.29 is 9.53 Å². The van der Waals surface area contributed by atoms with E-state index in [0.717, 1.165) is 5.75 Å². The van der Waals surface area contributed by atoms with Gasteiger partial charge in [-0.05, 0) is 19.1 Å². The fourth-order valence-corrected chi connectivity index (χ4v) is 1.22. The molecule has 86 valence electrons. The summed E-state index contributed by atoms with van der Waals surface area (Å²) in [5.74, 6) is 0.710. The zero-order chi connectivity index (χ0) is 12.0. The molecule has 16 heavy (non-hydrogen) atoms. The van der Waals surface area contributed by atoms with Crippen molar-refractivity contribution in [1.82, 2.24) is 4.90 Å². The van der Waals surface area contributed by atoms with Crippen molar-refractivity contribution in [3.8, 4) is 5.75 Å². The van der Waals surface area contributed by atoms with Gasteiger partial charge in [0.25, 0.3) is 0 Å². The average Bonchev–Trinajstić information content (AvgIpc) is 2.26. The number of hydrogen-bond donors (Lipinski definition) is 0. The second-order valence-corrected chi connectivity index (χ2v) is 3.60. The molecule has 0 N–H and O–H groups in total. The van der Waals surface area contributed by atoms with Crippen LogP contribution in [0, 0.1) is 0 Å². The Morgan fingerprint density at radius 2 is 2.19 bits per heavy atom. The number of rotatable bonds is 5. The smallest absolute Gasteiger partial charge is 0.187 e. The minimum Gasteiger partial charge on any atom is -0.494 e. The van der Waals surface area contributed by atoms with Gasteiger partial charge in [0.05, 0.1) is 6.61 Å². The molecule has 0 saturated carbocycles. The van der Waals surface area contributed by atoms with Gasteiger partial charge in [-0.3, -0.25) is 4.79 Å². The number of allylic oxidation sites excluding steroid dienone is 1. The van der Waals surface area contributed by atoms with E-state index in [2.05, 4.69) is 0 Å². The van der Waals surface area contributed by atoms with Gasteiger partial charge in [-0.2, -0.15) is 0 Å². The zero-order valence-electron chi connectivity index (χ0n) is 9.93. The summed E-state index contributed by atoms with van der Waals surface area (Å²) in [4.78, 5) is 13.6. The zero-order valence-corrected chi connectivity index (χ0v) is 9.93. The summed E-state index contributed by atoms with van der Waals surface area (Å²) in [5, 5.41) is 0. The molecule has 0 aromatic heterocycles. The van der Waals surface area contributed by atoms with Crippen LogP contribution in [0.5, 0.6) is 5.75 Å². The highest BCUT2D eigenvalue weighted by Crippen LogP contribution is 2.14. The number of ether oxygens (including phenoxy) is 1. The highest BCUT2D eigenvalue weighted by atomic mass is 16.5. The highest BCUT2D eigenvalue weighted by molar-refractivity contribution is 6.04. The highest BCUT2D eigenvalue weighted by Gasteiger charge is 2.02. The second kappa shape index (κ2) is 5.95. The average molecular weight is 219 g/mol. The van der Waals surface area contributed by atoms with Crippen LogP contribution in [0.25, 0.3) is 0 Å². The summed E-state index contributed by atoms with van der Waals surface area (Å²) < 4.78 is 5.34. The van der Waals surface area contributed by atoms with Gasteiger partial charge in [0.15, 0.2) is 5.78 Å². The van der Waals surface area contributed by atoms with Crippen molar-refractivity contribution in [2.45, 2.75) is 6.92 Å². The topological polar surface area (TPSA) is 29.5 Å². The molecule has 0 radical (unpaired) electrons. The third-order valence-corrected chi connectivity index (χ3v) is 1.95. The normalized spacial score (nSPS) is 10.4. The van der Waals surface area contributed by atoms with Crippen LogP contribution in [-0.4, -0.2) is 31.4 Å². The van der Waals surface area contributed by atoms with E-state index < -0.39 is 0 Å². The molecule has 1 aromatic rings. The quantitative estimate of drug-likeness (QED) is 0.562. The Morgan fingerprint density at radius 3 is 2.81 bits per heavy atom. The van der Waals surface area contributed by atoms with Crippen LogP contribution in [-0.2, 0) is 0 Å². The Hall–Kier alpha value is -1.77. The van der Waals surface area contributed by atoms with Crippen LogP contribution in [0.4, 0.5) is 0 Å². The number of benzene rings is 1. The molecule has 0 aliphatic rings. The van der Waals surface area contributed by atoms with Crippen LogP contribution >= 0.6 is 0 Å². The van der Waals surface area contributed by atoms with E-state index >= 15 is 0 Å². The van der Waals surface area contributed by atoms with Gasteiger partial charge in [-0.1, -0.05) is 12.1 Å². The molecule has 3 nitrogen and oxygen atoms in total. The third kappa shape index (κ3) is 3.77. The van der Waals surface area contributed by atoms with Gasteiger partial charge in [-0.15, -0.1) is 0 Å². The van der Waals surface area contributed by atoms with Gasteiger partial charge < -0.3 is 9.64 Å². The Bertz CT molecular complexity index is 383. The maximum atomic E-state index is 11.7. The fraction of sp³-hybridized carbons (Fsp3) is 0.308. The van der Waals surface area contributed by atoms with E-state index in [0.29, 0.717) is 12.2 Å². The van der Waals surface area contributed by atoms with Crippen molar-refractivity contribution in [2.24, 2.45) is 0 Å². The molecule has 0 unspecified atom stereocenters. The summed E-state index contributed by atoms with van der Waals surface area (Å²) in [6.45, 7) is 2.52. The molecule has 0 heterocycles. The summed E-state index contributed by atoms with van der Waals surface area (Å²) in [6, 6.07) is 7.20. The minimum absolute atomic E-state index is 0.0183. The molecule has 0 amide bonds. The summed E-state index contributed by atoms with van der Waals surface area (Å²) >= 11 is 0. The lowest BCUT2D eigenvalue weighted by atomic mass is 10.1. The molecule has 3 heteroatoms. The first-order valence-electron chi connectivity index (χ1n) is 5.25. The molecule has 1 aromatic carbocycles. The molecule has 0 fully saturated rings. The van der Waals surface area contributed by atoms with E-state index in [4.69, 9.17) is 4.74 Å². The van der Waals surface area contributed by atoms with E-state index in [1.807, 2.05) is 38.1 Å². The van der Waals surface area contributed by atoms with Crippen molar-refractivity contribution in [3.63, 3.8) is 0 Å². The largest absolute Gasteiger partial charge is 0.494 e. The lowest BCUT2D eigenvalue weighted by Crippen LogP contribution is -2.03. The number of carbonyl (C=O) groups excluding carboxylic acids is 1. The first kappa shape index (κ1) is 12.3. The van der Waals surface area contributed by atoms with Crippen molar-refractivity contribution in [1.29, 1.82) is 0 Å². The number of hydrogen-bond acceptors (Lipinski definition) is 3. The third-order valence-electron chi connectivity index (χ3n) is 1.95. The van der Waals surface area contributed by atoms with Crippen LogP contribution in [0.3, 0.4) is 0 Å². The molecular formula is C13H17NO2. The number of nitrogens with zero attached hydrogens (tertiary/aromatic N) is 1. The maximum absolute atomic E-state index is 11.7. The fourth-order valence-electron chi connectivity index (χ4n) is 1.22. The monoisotopic (exact) mass is 219 g/mol. The maximum Gasteiger partial charge on any atom is 0.187 e. The summed E-state index contributed by atoms with van der Waals surface area (Å²) in [5.41, 5.74) is 0.643. The van der Waals surface area contributed by atoms with Crippen molar-refractivity contribution in [2.75, 3.05) is 20.7 Å². The Morgan fingerprint density at radius 1 is 1.44 bits per heavy atom. The predicted octanol–water partition coefficient (Wildman–Crippen LogP) is 2.34. The second-order valence-electron chi connectivity index (χ2n) is 3.60. The molecule has 0 saturated heterocycles. The van der Waals surface area contributed by atoms with E-state index in [1.165, 1.54) is 0 Å². The number of ketones is 1. The molecule has 0 atom stereocenters. The van der Waals surface area contributed by atoms with Crippen LogP contribution < -0.4 is 4.74 Å². The Labute approximate surface area is 96.3 Å². The van der Waals surface area contributed by atoms with E-state index in [1.54, 1.807) is 24.4 Å². The van der Waals surface area contributed by atoms with E-state index in [9.17, 15) is 4.79 Å². The lowest BCUT2D eigenvalue weighted by molar-refractivity contribution is 0.104. The molecule has 0 aliphatic carbocycles.